The fourth-order valence-electron chi connectivity index (χ4n) is 6.05. The summed E-state index contributed by atoms with van der Waals surface area (Å²) in [5, 5.41) is 12.1. The van der Waals surface area contributed by atoms with E-state index >= 15 is 0 Å². The van der Waals surface area contributed by atoms with Gasteiger partial charge in [-0.15, -0.1) is 11.3 Å². The number of hydrogen-bond donors (Lipinski definition) is 1. The maximum atomic E-state index is 12.2. The van der Waals surface area contributed by atoms with Gasteiger partial charge < -0.3 is 14.9 Å². The van der Waals surface area contributed by atoms with Crippen LogP contribution >= 0.6 is 11.3 Å². The molecule has 0 fully saturated rings. The van der Waals surface area contributed by atoms with Gasteiger partial charge in [-0.25, -0.2) is 14.8 Å². The van der Waals surface area contributed by atoms with Crippen molar-refractivity contribution in [2.45, 2.75) is 79.1 Å². The average Bonchev–Trinajstić information content (AvgIpc) is 3.37. The Kier molecular flexibility index (Phi) is 11.9. The van der Waals surface area contributed by atoms with Gasteiger partial charge in [-0.1, -0.05) is 77.7 Å². The molecule has 0 saturated heterocycles. The van der Waals surface area contributed by atoms with E-state index in [1.54, 1.807) is 17.4 Å². The lowest BCUT2D eigenvalue weighted by molar-refractivity contribution is 0.0697. The molecular formula is C38H50N4O2S. The summed E-state index contributed by atoms with van der Waals surface area (Å²) in [5.41, 5.74) is 7.15. The number of unbranched alkanes of at least 4 members (excludes halogenated alkanes) is 3. The summed E-state index contributed by atoms with van der Waals surface area (Å²) >= 11 is 1.67. The highest BCUT2D eigenvalue weighted by molar-refractivity contribution is 7.15. The van der Waals surface area contributed by atoms with Gasteiger partial charge in [0.25, 0.3) is 0 Å². The summed E-state index contributed by atoms with van der Waals surface area (Å²) in [6.45, 7) is 17.2. The minimum Gasteiger partial charge on any atom is -0.478 e. The molecule has 45 heavy (non-hydrogen) atoms. The predicted octanol–water partition coefficient (Wildman–Crippen LogP) is 9.81. The number of carbonyl (C=O) groups is 1. The molecule has 0 saturated carbocycles. The fourth-order valence-corrected chi connectivity index (χ4v) is 6.94. The number of nitrogens with zero attached hydrogens (tertiary/aromatic N) is 4. The van der Waals surface area contributed by atoms with Crippen LogP contribution in [0.5, 0.6) is 0 Å². The van der Waals surface area contributed by atoms with Crippen LogP contribution in [0.2, 0.25) is 0 Å². The molecule has 2 heterocycles. The zero-order chi connectivity index (χ0) is 32.7. The minimum atomic E-state index is -0.916. The number of anilines is 1. The van der Waals surface area contributed by atoms with Crippen molar-refractivity contribution in [2.75, 3.05) is 32.1 Å². The Balaban J connectivity index is 1.72. The second-order valence-corrected chi connectivity index (χ2v) is 13.9. The summed E-state index contributed by atoms with van der Waals surface area (Å²) in [6, 6.07) is 16.1. The van der Waals surface area contributed by atoms with Gasteiger partial charge in [-0.3, -0.25) is 0 Å². The van der Waals surface area contributed by atoms with Crippen LogP contribution in [0.25, 0.3) is 27.2 Å². The molecule has 2 unspecified atom stereocenters. The maximum absolute atomic E-state index is 12.2. The number of pyridine rings is 1. The molecule has 4 aromatic rings. The summed E-state index contributed by atoms with van der Waals surface area (Å²) in [4.78, 5) is 27.3. The highest BCUT2D eigenvalue weighted by atomic mass is 32.1. The summed E-state index contributed by atoms with van der Waals surface area (Å²) in [5.74, 6) is -0.173. The fraction of sp³-hybridized carbons (Fsp3) is 0.447. The van der Waals surface area contributed by atoms with Crippen LogP contribution in [-0.2, 0) is 0 Å². The Morgan fingerprint density at radius 1 is 0.933 bits per heavy atom. The number of benzene rings is 2. The lowest BCUT2D eigenvalue weighted by Gasteiger charge is -2.33. The van der Waals surface area contributed by atoms with Crippen molar-refractivity contribution in [3.05, 3.63) is 82.5 Å². The maximum Gasteiger partial charge on any atom is 0.335 e. The Bertz CT molecular complexity index is 1630. The van der Waals surface area contributed by atoms with Gasteiger partial charge >= 0.3 is 5.97 Å². The van der Waals surface area contributed by atoms with Crippen molar-refractivity contribution in [1.82, 2.24) is 14.9 Å². The zero-order valence-corrected chi connectivity index (χ0v) is 29.0. The second-order valence-electron chi connectivity index (χ2n) is 12.7. The third kappa shape index (κ3) is 8.59. The van der Waals surface area contributed by atoms with Crippen molar-refractivity contribution >= 4 is 39.6 Å². The van der Waals surface area contributed by atoms with E-state index in [1.165, 1.54) is 31.2 Å². The molecule has 6 nitrogen and oxygen atoms in total. The van der Waals surface area contributed by atoms with E-state index in [0.29, 0.717) is 11.5 Å². The molecule has 0 radical (unpaired) electrons. The van der Waals surface area contributed by atoms with E-state index in [0.717, 1.165) is 75.1 Å². The van der Waals surface area contributed by atoms with Gasteiger partial charge in [0.05, 0.1) is 32.4 Å². The molecule has 4 rings (SSSR count). The lowest BCUT2D eigenvalue weighted by Crippen LogP contribution is -2.27. The predicted molar refractivity (Wildman–Crippen MR) is 192 cm³/mol. The number of thiazole rings is 1. The number of aryl methyl sites for hydroxylation is 2. The lowest BCUT2D eigenvalue weighted by atomic mass is 9.83. The van der Waals surface area contributed by atoms with Crippen LogP contribution in [0.1, 0.15) is 97.4 Å². The van der Waals surface area contributed by atoms with E-state index < -0.39 is 5.97 Å². The molecule has 2 atom stereocenters. The topological polar surface area (TPSA) is 69.6 Å². The van der Waals surface area contributed by atoms with E-state index in [-0.39, 0.29) is 5.92 Å². The Hall–Kier alpha value is -3.55. The Labute approximate surface area is 273 Å². The standard InChI is InChI=1S/C38H50N4O2S/c1-9-10-11-12-14-25(2)26(3)33-18-15-32(38(43)44)24-36(33)42(22-13-21-41(7)8)28(5)30-16-19-34-31(23-30)17-20-35(40-34)37-27(4)39-29(6)45-37/h15-20,23-26H,5,9-14,21-22H2,1-4,6-8H3,(H,43,44). The Morgan fingerprint density at radius 3 is 2.36 bits per heavy atom. The van der Waals surface area contributed by atoms with Crippen molar-refractivity contribution in [3.63, 3.8) is 0 Å². The van der Waals surface area contributed by atoms with Crippen LogP contribution in [0.15, 0.2) is 55.1 Å². The van der Waals surface area contributed by atoms with Crippen LogP contribution in [0.4, 0.5) is 5.69 Å². The smallest absolute Gasteiger partial charge is 0.335 e. The SMILES string of the molecule is C=C(c1ccc2nc(-c3sc(C)nc3C)ccc2c1)N(CCCN(C)C)c1cc(C(=O)O)ccc1C(C)C(C)CCCCCC. The third-order valence-corrected chi connectivity index (χ3v) is 9.99. The average molecular weight is 627 g/mol. The summed E-state index contributed by atoms with van der Waals surface area (Å²) < 4.78 is 0. The zero-order valence-electron chi connectivity index (χ0n) is 28.2. The van der Waals surface area contributed by atoms with Crippen molar-refractivity contribution < 1.29 is 9.90 Å². The van der Waals surface area contributed by atoms with Gasteiger partial charge in [0, 0.05) is 23.3 Å². The van der Waals surface area contributed by atoms with E-state index in [1.807, 2.05) is 26.0 Å². The van der Waals surface area contributed by atoms with Crippen LogP contribution in [0, 0.1) is 19.8 Å². The summed E-state index contributed by atoms with van der Waals surface area (Å²) in [6.07, 6.45) is 7.04. The highest BCUT2D eigenvalue weighted by Gasteiger charge is 2.24. The number of carboxylic acid groups (broad SMARTS) is 1. The number of aromatic carboxylic acids is 1. The molecule has 0 spiro atoms. The number of rotatable bonds is 16. The van der Waals surface area contributed by atoms with E-state index in [9.17, 15) is 9.90 Å². The van der Waals surface area contributed by atoms with Crippen LogP contribution in [0.3, 0.4) is 0 Å². The first kappa shape index (κ1) is 34.3. The first-order valence-corrected chi connectivity index (χ1v) is 17.2. The second kappa shape index (κ2) is 15.6. The monoisotopic (exact) mass is 626 g/mol. The number of carboxylic acids is 1. The van der Waals surface area contributed by atoms with Gasteiger partial charge in [0.15, 0.2) is 0 Å². The normalized spacial score (nSPS) is 12.9. The van der Waals surface area contributed by atoms with Crippen LogP contribution in [-0.4, -0.2) is 53.1 Å². The largest absolute Gasteiger partial charge is 0.478 e. The van der Waals surface area contributed by atoms with Gasteiger partial charge in [0.2, 0.25) is 0 Å². The minimum absolute atomic E-state index is 0.270. The molecule has 0 bridgehead atoms. The number of hydrogen-bond acceptors (Lipinski definition) is 6. The molecule has 1 N–H and O–H groups in total. The molecule has 7 heteroatoms. The molecular weight excluding hydrogens is 577 g/mol. The molecule has 240 valence electrons. The molecule has 2 aromatic heterocycles. The summed E-state index contributed by atoms with van der Waals surface area (Å²) in [7, 11) is 4.16. The molecule has 0 aliphatic heterocycles. The molecule has 0 amide bonds. The van der Waals surface area contributed by atoms with E-state index in [4.69, 9.17) is 4.98 Å². The number of fused-ring (bicyclic) bond motifs is 1. The van der Waals surface area contributed by atoms with Crippen molar-refractivity contribution in [2.24, 2.45) is 5.92 Å². The first-order chi connectivity index (χ1) is 21.5. The van der Waals surface area contributed by atoms with Gasteiger partial charge in [0.1, 0.15) is 0 Å². The van der Waals surface area contributed by atoms with Gasteiger partial charge in [-0.05, 0) is 94.2 Å². The molecule has 0 aliphatic carbocycles. The Morgan fingerprint density at radius 2 is 1.69 bits per heavy atom. The number of aromatic nitrogens is 2. The van der Waals surface area contributed by atoms with Crippen molar-refractivity contribution in [1.29, 1.82) is 0 Å². The third-order valence-electron chi connectivity index (χ3n) is 8.90. The first-order valence-electron chi connectivity index (χ1n) is 16.3. The van der Waals surface area contributed by atoms with Crippen LogP contribution < -0.4 is 4.90 Å². The highest BCUT2D eigenvalue weighted by Crippen LogP contribution is 2.39. The van der Waals surface area contributed by atoms with Crippen molar-refractivity contribution in [3.8, 4) is 10.6 Å². The van der Waals surface area contributed by atoms with Gasteiger partial charge in [-0.2, -0.15) is 0 Å². The van der Waals surface area contributed by atoms with E-state index in [2.05, 4.69) is 86.6 Å². The quantitative estimate of drug-likeness (QED) is 0.125. The molecule has 2 aromatic carbocycles. The molecule has 0 aliphatic rings.